The summed E-state index contributed by atoms with van der Waals surface area (Å²) in [4.78, 5) is 7.38. The van der Waals surface area contributed by atoms with E-state index < -0.39 is 0 Å². The van der Waals surface area contributed by atoms with Crippen molar-refractivity contribution >= 4 is 29.9 Å². The monoisotopic (exact) mass is 526 g/mol. The topological polar surface area (TPSA) is 48.9 Å². The Balaban J connectivity index is 0.00000256. The molecule has 2 N–H and O–H groups in total. The molecule has 5 unspecified atom stereocenters. The number of rotatable bonds is 5. The van der Waals surface area contributed by atoms with Gasteiger partial charge in [-0.2, -0.15) is 0 Å². The van der Waals surface area contributed by atoms with Crippen LogP contribution in [-0.2, 0) is 11.3 Å². The average Bonchev–Trinajstić information content (AvgIpc) is 3.16. The second-order valence-electron chi connectivity index (χ2n) is 9.68. The smallest absolute Gasteiger partial charge is 0.191 e. The van der Waals surface area contributed by atoms with E-state index in [2.05, 4.69) is 73.6 Å². The van der Waals surface area contributed by atoms with E-state index in [0.29, 0.717) is 30.1 Å². The van der Waals surface area contributed by atoms with Gasteiger partial charge in [0.05, 0.1) is 6.10 Å². The maximum Gasteiger partial charge on any atom is 0.191 e. The summed E-state index contributed by atoms with van der Waals surface area (Å²) in [5.74, 6) is 1.62. The van der Waals surface area contributed by atoms with Gasteiger partial charge in [0.25, 0.3) is 0 Å². The van der Waals surface area contributed by atoms with Crippen LogP contribution < -0.4 is 10.6 Å². The second-order valence-corrected chi connectivity index (χ2v) is 9.68. The fourth-order valence-electron chi connectivity index (χ4n) is 5.65. The van der Waals surface area contributed by atoms with Crippen molar-refractivity contribution in [2.45, 2.75) is 77.7 Å². The van der Waals surface area contributed by atoms with Crippen molar-refractivity contribution in [1.29, 1.82) is 0 Å². The van der Waals surface area contributed by atoms with Crippen LogP contribution >= 0.6 is 24.0 Å². The molecule has 0 aromatic heterocycles. The van der Waals surface area contributed by atoms with E-state index in [-0.39, 0.29) is 29.4 Å². The second kappa shape index (κ2) is 10.2. The minimum atomic E-state index is 0. The number of aliphatic imine (C=N–C) groups is 1. The third-order valence-electron chi connectivity index (χ3n) is 7.29. The number of ether oxygens (including phenoxy) is 1. The lowest BCUT2D eigenvalue weighted by atomic mass is 9.57. The number of nitrogens with one attached hydrogen (secondary N) is 2. The third-order valence-corrected chi connectivity index (χ3v) is 7.29. The first-order chi connectivity index (χ1) is 14.0. The van der Waals surface area contributed by atoms with Crippen molar-refractivity contribution in [2.24, 2.45) is 16.3 Å². The molecule has 0 bridgehead atoms. The normalized spacial score (nSPS) is 33.2. The maximum atomic E-state index is 5.96. The highest BCUT2D eigenvalue weighted by Crippen LogP contribution is 2.52. The van der Waals surface area contributed by atoms with Crippen molar-refractivity contribution in [3.05, 3.63) is 35.9 Å². The van der Waals surface area contributed by atoms with Crippen LogP contribution in [0.4, 0.5) is 0 Å². The van der Waals surface area contributed by atoms with Crippen molar-refractivity contribution in [3.8, 4) is 0 Å². The molecule has 2 heterocycles. The van der Waals surface area contributed by atoms with Crippen molar-refractivity contribution < 1.29 is 4.74 Å². The van der Waals surface area contributed by atoms with Gasteiger partial charge in [-0.3, -0.25) is 9.89 Å². The standard InChI is InChI=1S/C24H38N4O.HI/c1-5-25-23(27-21-20-12-14-29-22(20)24(21,3)4)26-19-11-13-28(17(2)15-19)16-18-9-7-6-8-10-18;/h6-10,17,19-22H,5,11-16H2,1-4H3,(H2,25,26,27);1H. The summed E-state index contributed by atoms with van der Waals surface area (Å²) >= 11 is 0. The lowest BCUT2D eigenvalue weighted by Crippen LogP contribution is -2.68. The van der Waals surface area contributed by atoms with E-state index in [1.807, 2.05) is 0 Å². The molecule has 2 aliphatic heterocycles. The van der Waals surface area contributed by atoms with Gasteiger partial charge in [0.1, 0.15) is 0 Å². The first-order valence-corrected chi connectivity index (χ1v) is 11.5. The molecule has 6 heteroatoms. The number of hydrogen-bond donors (Lipinski definition) is 2. The minimum Gasteiger partial charge on any atom is -0.377 e. The molecule has 3 fully saturated rings. The zero-order valence-corrected chi connectivity index (χ0v) is 21.3. The van der Waals surface area contributed by atoms with Crippen molar-refractivity contribution in [1.82, 2.24) is 15.5 Å². The number of fused-ring (bicyclic) bond motifs is 1. The van der Waals surface area contributed by atoms with Crippen LogP contribution in [0.3, 0.4) is 0 Å². The van der Waals surface area contributed by atoms with Gasteiger partial charge in [0.15, 0.2) is 5.96 Å². The highest BCUT2D eigenvalue weighted by Gasteiger charge is 2.59. The molecular weight excluding hydrogens is 487 g/mol. The van der Waals surface area contributed by atoms with Gasteiger partial charge in [0.2, 0.25) is 0 Å². The molecule has 168 valence electrons. The third kappa shape index (κ3) is 4.96. The summed E-state index contributed by atoms with van der Waals surface area (Å²) < 4.78 is 5.96. The Hall–Kier alpha value is -0.860. The Kier molecular flexibility index (Phi) is 8.07. The first kappa shape index (κ1) is 23.8. The molecule has 1 aromatic carbocycles. The first-order valence-electron chi connectivity index (χ1n) is 11.5. The molecule has 1 aliphatic carbocycles. The number of piperidine rings is 1. The Morgan fingerprint density at radius 3 is 2.67 bits per heavy atom. The largest absolute Gasteiger partial charge is 0.377 e. The van der Waals surface area contributed by atoms with Crippen molar-refractivity contribution in [3.63, 3.8) is 0 Å². The van der Waals surface area contributed by atoms with E-state index in [4.69, 9.17) is 9.73 Å². The molecule has 2 saturated heterocycles. The molecule has 0 radical (unpaired) electrons. The van der Waals surface area contributed by atoms with E-state index in [1.54, 1.807) is 0 Å². The van der Waals surface area contributed by atoms with Gasteiger partial charge >= 0.3 is 0 Å². The lowest BCUT2D eigenvalue weighted by Gasteiger charge is -2.55. The number of halogens is 1. The fourth-order valence-corrected chi connectivity index (χ4v) is 5.65. The van der Waals surface area contributed by atoms with Crippen LogP contribution in [0.1, 0.15) is 52.5 Å². The van der Waals surface area contributed by atoms with E-state index in [0.717, 1.165) is 45.0 Å². The molecule has 4 rings (SSSR count). The van der Waals surface area contributed by atoms with E-state index >= 15 is 0 Å². The van der Waals surface area contributed by atoms with Gasteiger partial charge in [-0.1, -0.05) is 44.2 Å². The SMILES string of the molecule is CCN=C(NC1CCN(Cc2ccccc2)C(C)C1)NC1C2CCOC2C1(C)C.I. The summed E-state index contributed by atoms with van der Waals surface area (Å²) in [5, 5.41) is 7.53. The van der Waals surface area contributed by atoms with Crippen LogP contribution in [-0.4, -0.2) is 54.8 Å². The van der Waals surface area contributed by atoms with Crippen LogP contribution in [0, 0.1) is 11.3 Å². The Morgan fingerprint density at radius 2 is 1.97 bits per heavy atom. The van der Waals surface area contributed by atoms with Gasteiger partial charge in [0, 0.05) is 55.7 Å². The quantitative estimate of drug-likeness (QED) is 0.346. The highest BCUT2D eigenvalue weighted by atomic mass is 127. The van der Waals surface area contributed by atoms with Crippen molar-refractivity contribution in [2.75, 3.05) is 19.7 Å². The van der Waals surface area contributed by atoms with Gasteiger partial charge < -0.3 is 15.4 Å². The Morgan fingerprint density at radius 1 is 1.20 bits per heavy atom. The maximum absolute atomic E-state index is 5.96. The summed E-state index contributed by atoms with van der Waals surface area (Å²) in [6.07, 6.45) is 3.88. The molecule has 0 spiro atoms. The van der Waals surface area contributed by atoms with Crippen LogP contribution in [0.5, 0.6) is 0 Å². The number of guanidine groups is 1. The summed E-state index contributed by atoms with van der Waals surface area (Å²) in [5.41, 5.74) is 1.57. The fraction of sp³-hybridized carbons (Fsp3) is 0.708. The number of nitrogens with zero attached hydrogens (tertiary/aromatic N) is 2. The van der Waals surface area contributed by atoms with E-state index in [9.17, 15) is 0 Å². The predicted molar refractivity (Wildman–Crippen MR) is 134 cm³/mol. The Labute approximate surface area is 199 Å². The average molecular weight is 527 g/mol. The van der Waals surface area contributed by atoms with E-state index in [1.165, 1.54) is 12.0 Å². The summed E-state index contributed by atoms with van der Waals surface area (Å²) in [6, 6.07) is 12.3. The van der Waals surface area contributed by atoms with Gasteiger partial charge in [-0.05, 0) is 38.7 Å². The van der Waals surface area contributed by atoms with Gasteiger partial charge in [-0.25, -0.2) is 0 Å². The molecule has 30 heavy (non-hydrogen) atoms. The predicted octanol–water partition coefficient (Wildman–Crippen LogP) is 4.03. The van der Waals surface area contributed by atoms with Crippen LogP contribution in [0.2, 0.25) is 0 Å². The molecule has 1 aromatic rings. The molecule has 0 amide bonds. The molecule has 5 nitrogen and oxygen atoms in total. The molecule has 1 saturated carbocycles. The Bertz CT molecular complexity index is 710. The number of hydrogen-bond acceptors (Lipinski definition) is 3. The lowest BCUT2D eigenvalue weighted by molar-refractivity contribution is -0.106. The number of likely N-dealkylation sites (tertiary alicyclic amines) is 1. The minimum absolute atomic E-state index is 0. The zero-order valence-electron chi connectivity index (χ0n) is 18.9. The number of benzene rings is 1. The molecular formula is C24H39IN4O. The molecule has 3 aliphatic rings. The van der Waals surface area contributed by atoms with Gasteiger partial charge in [-0.15, -0.1) is 24.0 Å². The zero-order chi connectivity index (χ0) is 20.4. The highest BCUT2D eigenvalue weighted by molar-refractivity contribution is 14.0. The van der Waals surface area contributed by atoms with Crippen LogP contribution in [0.25, 0.3) is 0 Å². The van der Waals surface area contributed by atoms with Crippen LogP contribution in [0.15, 0.2) is 35.3 Å². The summed E-state index contributed by atoms with van der Waals surface area (Å²) in [7, 11) is 0. The summed E-state index contributed by atoms with van der Waals surface area (Å²) in [6.45, 7) is 13.0. The molecule has 5 atom stereocenters.